The van der Waals surface area contributed by atoms with Crippen molar-refractivity contribution < 1.29 is 8.42 Å². The molecule has 10 heteroatoms. The first kappa shape index (κ1) is 25.7. The lowest BCUT2D eigenvalue weighted by molar-refractivity contribution is 0.583. The first-order valence-electron chi connectivity index (χ1n) is 11.2. The smallest absolute Gasteiger partial charge is 0.238 e. The third kappa shape index (κ3) is 5.27. The van der Waals surface area contributed by atoms with Gasteiger partial charge in [-0.05, 0) is 55.5 Å². The van der Waals surface area contributed by atoms with E-state index in [1.165, 1.54) is 6.07 Å². The topological polar surface area (TPSA) is 143 Å². The quantitative estimate of drug-likeness (QED) is 0.231. The maximum Gasteiger partial charge on any atom is 0.238 e. The molecule has 2 heterocycles. The van der Waals surface area contributed by atoms with Crippen molar-refractivity contribution in [2.45, 2.75) is 56.9 Å². The highest BCUT2D eigenvalue weighted by atomic mass is 35.5. The number of hydrogen-bond donors (Lipinski definition) is 3. The lowest BCUT2D eigenvalue weighted by Crippen LogP contribution is -2.15. The van der Waals surface area contributed by atoms with Crippen molar-refractivity contribution in [1.29, 1.82) is 0 Å². The number of rotatable bonds is 9. The molecule has 0 spiro atoms. The van der Waals surface area contributed by atoms with Gasteiger partial charge in [0.25, 0.3) is 0 Å². The number of sulfonamides is 1. The molecule has 0 amide bonds. The maximum atomic E-state index is 11.9. The molecule has 0 unspecified atom stereocenters. The zero-order chi connectivity index (χ0) is 23.6. The summed E-state index contributed by atoms with van der Waals surface area (Å²) in [5.74, 6) is 1.45. The van der Waals surface area contributed by atoms with E-state index in [0.717, 1.165) is 66.4 Å². The molecule has 34 heavy (non-hydrogen) atoms. The molecule has 0 atom stereocenters. The summed E-state index contributed by atoms with van der Waals surface area (Å²) in [6, 6.07) is 12.7. The van der Waals surface area contributed by atoms with Crippen LogP contribution in [0, 0.1) is 0 Å². The number of nitrogen functional groups attached to an aromatic ring is 2. The number of aryl methyl sites for hydroxylation is 3. The van der Waals surface area contributed by atoms with E-state index in [4.69, 9.17) is 21.6 Å². The van der Waals surface area contributed by atoms with E-state index in [9.17, 15) is 8.42 Å². The van der Waals surface area contributed by atoms with Crippen molar-refractivity contribution in [3.8, 4) is 0 Å². The predicted octanol–water partition coefficient (Wildman–Crippen LogP) is 4.18. The summed E-state index contributed by atoms with van der Waals surface area (Å²) < 4.78 is 26.1. The van der Waals surface area contributed by atoms with Crippen LogP contribution < -0.4 is 16.6 Å². The first-order chi connectivity index (χ1) is 15.8. The van der Waals surface area contributed by atoms with Crippen LogP contribution in [0.3, 0.4) is 0 Å². The highest BCUT2D eigenvalue weighted by Gasteiger charge is 2.17. The van der Waals surface area contributed by atoms with Gasteiger partial charge in [-0.15, -0.1) is 12.4 Å². The van der Waals surface area contributed by atoms with Gasteiger partial charge in [0.2, 0.25) is 10.0 Å². The summed E-state index contributed by atoms with van der Waals surface area (Å²) in [5, 5.41) is 6.42. The molecule has 0 saturated heterocycles. The minimum Gasteiger partial charge on any atom is -0.399 e. The molecule has 8 nitrogen and oxygen atoms in total. The Morgan fingerprint density at radius 3 is 2.47 bits per heavy atom. The zero-order valence-electron chi connectivity index (χ0n) is 19.2. The summed E-state index contributed by atoms with van der Waals surface area (Å²) in [4.78, 5) is 9.53. The van der Waals surface area contributed by atoms with Crippen LogP contribution in [0.25, 0.3) is 21.9 Å². The van der Waals surface area contributed by atoms with Gasteiger partial charge < -0.3 is 16.0 Å². The number of para-hydroxylation sites is 1. The molecular weight excluding hydrogens is 472 g/mol. The molecule has 0 aliphatic rings. The normalized spacial score (nSPS) is 11.7. The monoisotopic (exact) mass is 502 g/mol. The Bertz CT molecular complexity index is 1420. The number of primary sulfonamides is 1. The molecule has 0 bridgehead atoms. The summed E-state index contributed by atoms with van der Waals surface area (Å²) >= 11 is 0. The summed E-state index contributed by atoms with van der Waals surface area (Å²) in [5.41, 5.74) is 15.9. The molecule has 4 aromatic rings. The van der Waals surface area contributed by atoms with E-state index in [2.05, 4.69) is 22.5 Å². The van der Waals surface area contributed by atoms with E-state index in [1.54, 1.807) is 12.1 Å². The number of aromatic nitrogens is 3. The van der Waals surface area contributed by atoms with Gasteiger partial charge in [0.15, 0.2) is 5.82 Å². The summed E-state index contributed by atoms with van der Waals surface area (Å²) in [6.45, 7) is 2.91. The van der Waals surface area contributed by atoms with Crippen molar-refractivity contribution in [1.82, 2.24) is 14.5 Å². The summed E-state index contributed by atoms with van der Waals surface area (Å²) in [6.07, 6.45) is 5.15. The van der Waals surface area contributed by atoms with Crippen LogP contribution in [-0.2, 0) is 29.4 Å². The number of anilines is 2. The summed E-state index contributed by atoms with van der Waals surface area (Å²) in [7, 11) is -3.80. The number of benzene rings is 2. The van der Waals surface area contributed by atoms with Crippen molar-refractivity contribution in [2.75, 3.05) is 11.5 Å². The average Bonchev–Trinajstić information content (AvgIpc) is 3.14. The fourth-order valence-electron chi connectivity index (χ4n) is 4.33. The van der Waals surface area contributed by atoms with E-state index in [0.29, 0.717) is 23.5 Å². The van der Waals surface area contributed by atoms with Crippen LogP contribution in [-0.4, -0.2) is 23.0 Å². The Kier molecular flexibility index (Phi) is 8.01. The molecule has 4 rings (SSSR count). The number of hydrogen-bond acceptors (Lipinski definition) is 6. The number of nitrogens with zero attached hydrogens (tertiary/aromatic N) is 3. The second kappa shape index (κ2) is 10.6. The molecule has 0 radical (unpaired) electrons. The van der Waals surface area contributed by atoms with Gasteiger partial charge in [-0.1, -0.05) is 31.5 Å². The third-order valence-corrected chi connectivity index (χ3v) is 6.92. The van der Waals surface area contributed by atoms with Crippen LogP contribution in [0.15, 0.2) is 47.4 Å². The molecule has 2 aromatic carbocycles. The highest BCUT2D eigenvalue weighted by molar-refractivity contribution is 7.89. The lowest BCUT2D eigenvalue weighted by atomic mass is 10.1. The van der Waals surface area contributed by atoms with E-state index in [-0.39, 0.29) is 17.3 Å². The molecular formula is C24H31ClN6O2S. The van der Waals surface area contributed by atoms with Crippen molar-refractivity contribution in [3.05, 3.63) is 53.9 Å². The fraction of sp³-hybridized carbons (Fsp3) is 0.333. The minimum absolute atomic E-state index is 0. The third-order valence-electron chi connectivity index (χ3n) is 5.91. The number of pyridine rings is 1. The first-order valence-corrected chi connectivity index (χ1v) is 12.8. The zero-order valence-corrected chi connectivity index (χ0v) is 20.8. The predicted molar refractivity (Wildman–Crippen MR) is 140 cm³/mol. The van der Waals surface area contributed by atoms with E-state index < -0.39 is 10.0 Å². The van der Waals surface area contributed by atoms with E-state index >= 15 is 0 Å². The van der Waals surface area contributed by atoms with Gasteiger partial charge in [0.05, 0.1) is 15.9 Å². The Morgan fingerprint density at radius 2 is 1.74 bits per heavy atom. The van der Waals surface area contributed by atoms with E-state index in [1.807, 2.05) is 18.2 Å². The molecule has 0 aliphatic heterocycles. The Hall–Kier alpha value is -2.88. The van der Waals surface area contributed by atoms with Crippen molar-refractivity contribution in [3.63, 3.8) is 0 Å². The molecule has 0 fully saturated rings. The second-order valence-corrected chi connectivity index (χ2v) is 9.89. The van der Waals surface area contributed by atoms with Crippen LogP contribution >= 0.6 is 12.4 Å². The number of fused-ring (bicyclic) bond motifs is 3. The van der Waals surface area contributed by atoms with Gasteiger partial charge in [0.1, 0.15) is 11.3 Å². The average molecular weight is 503 g/mol. The molecule has 182 valence electrons. The van der Waals surface area contributed by atoms with Gasteiger partial charge in [-0.25, -0.2) is 23.5 Å². The SMILES string of the molecule is CCCCc1nc2c(N)nc3ccccc3c2n1CCCCc1cc(N)ccc1S(N)(=O)=O.Cl. The number of unbranched alkanes of at least 4 members (excludes halogenated alkanes) is 2. The van der Waals surface area contributed by atoms with Gasteiger partial charge in [0, 0.05) is 24.0 Å². The largest absolute Gasteiger partial charge is 0.399 e. The van der Waals surface area contributed by atoms with Crippen molar-refractivity contribution >= 4 is 55.9 Å². The molecule has 6 N–H and O–H groups in total. The molecule has 2 aromatic heterocycles. The minimum atomic E-state index is -3.80. The van der Waals surface area contributed by atoms with Gasteiger partial charge >= 0.3 is 0 Å². The van der Waals surface area contributed by atoms with Crippen LogP contribution in [0.5, 0.6) is 0 Å². The molecule has 0 aliphatic carbocycles. The maximum absolute atomic E-state index is 11.9. The Labute approximate surface area is 206 Å². The van der Waals surface area contributed by atoms with Gasteiger partial charge in [-0.3, -0.25) is 0 Å². The van der Waals surface area contributed by atoms with Crippen LogP contribution in [0.2, 0.25) is 0 Å². The number of nitrogens with two attached hydrogens (primary N) is 3. The lowest BCUT2D eigenvalue weighted by Gasteiger charge is -2.12. The fourth-order valence-corrected chi connectivity index (χ4v) is 5.11. The number of halogens is 1. The second-order valence-electron chi connectivity index (χ2n) is 8.36. The number of imidazole rings is 1. The molecule has 0 saturated carbocycles. The van der Waals surface area contributed by atoms with Gasteiger partial charge in [-0.2, -0.15) is 0 Å². The van der Waals surface area contributed by atoms with Crippen molar-refractivity contribution in [2.24, 2.45) is 5.14 Å². The Balaban J connectivity index is 0.00000324. The van der Waals surface area contributed by atoms with Crippen LogP contribution in [0.1, 0.15) is 44.0 Å². The highest BCUT2D eigenvalue weighted by Crippen LogP contribution is 2.30. The standard InChI is InChI=1S/C24H30N6O2S.ClH/c1-2-3-11-21-29-22-23(18-9-4-5-10-19(18)28-24(22)26)30(21)14-7-6-8-16-15-17(25)12-13-20(16)33(27,31)32;/h4-5,9-10,12-13,15H,2-3,6-8,11,14,25H2,1H3,(H2,26,28)(H2,27,31,32);1H. The van der Waals surface area contributed by atoms with Crippen LogP contribution in [0.4, 0.5) is 11.5 Å². The Morgan fingerprint density at radius 1 is 0.971 bits per heavy atom.